The number of benzene rings is 1. The van der Waals surface area contributed by atoms with E-state index in [2.05, 4.69) is 13.0 Å². The fraction of sp³-hybridized carbons (Fsp3) is 0.600. The Kier molecular flexibility index (Phi) is 4.50. The molecule has 0 bridgehead atoms. The number of para-hydroxylation sites is 1. The summed E-state index contributed by atoms with van der Waals surface area (Å²) in [7, 11) is -2.84. The molecule has 106 valence electrons. The normalized spacial score (nSPS) is 22.1. The largest absolute Gasteiger partial charge is 0.493 e. The molecule has 1 aliphatic rings. The van der Waals surface area contributed by atoms with Crippen LogP contribution in [0.5, 0.6) is 5.75 Å². The zero-order valence-corrected chi connectivity index (χ0v) is 12.5. The van der Waals surface area contributed by atoms with E-state index >= 15 is 0 Å². The Morgan fingerprint density at radius 2 is 2.16 bits per heavy atom. The lowest BCUT2D eigenvalue weighted by molar-refractivity contribution is 0.246. The van der Waals surface area contributed by atoms with Crippen molar-refractivity contribution in [3.05, 3.63) is 29.3 Å². The molecule has 0 aliphatic carbocycles. The van der Waals surface area contributed by atoms with Crippen molar-refractivity contribution in [2.24, 2.45) is 5.92 Å². The molecule has 1 heterocycles. The first-order valence-corrected chi connectivity index (χ1v) is 8.75. The molecule has 0 aromatic heterocycles. The lowest BCUT2D eigenvalue weighted by Crippen LogP contribution is -2.29. The maximum Gasteiger partial charge on any atom is 0.150 e. The Labute approximate surface area is 115 Å². The summed E-state index contributed by atoms with van der Waals surface area (Å²) in [6.07, 6.45) is 2.65. The van der Waals surface area contributed by atoms with E-state index in [1.807, 2.05) is 19.1 Å². The first-order chi connectivity index (χ1) is 9.02. The molecule has 1 saturated heterocycles. The molecule has 3 nitrogen and oxygen atoms in total. The van der Waals surface area contributed by atoms with Crippen molar-refractivity contribution in [1.82, 2.24) is 0 Å². The fourth-order valence-corrected chi connectivity index (χ4v) is 4.40. The van der Waals surface area contributed by atoms with E-state index in [9.17, 15) is 8.42 Å². The highest BCUT2D eigenvalue weighted by atomic mass is 32.2. The quantitative estimate of drug-likeness (QED) is 0.853. The third-order valence-electron chi connectivity index (χ3n) is 3.70. The summed E-state index contributed by atoms with van der Waals surface area (Å²) < 4.78 is 29.1. The molecule has 0 spiro atoms. The van der Waals surface area contributed by atoms with Gasteiger partial charge in [0, 0.05) is 5.92 Å². The Hall–Kier alpha value is -1.03. The minimum atomic E-state index is -2.84. The smallest absolute Gasteiger partial charge is 0.150 e. The number of hydrogen-bond donors (Lipinski definition) is 0. The van der Waals surface area contributed by atoms with Gasteiger partial charge in [0.25, 0.3) is 0 Å². The van der Waals surface area contributed by atoms with Crippen molar-refractivity contribution in [3.8, 4) is 5.75 Å². The molecule has 1 aromatic rings. The molecule has 1 aliphatic heterocycles. The van der Waals surface area contributed by atoms with Crippen LogP contribution in [0, 0.1) is 12.8 Å². The zero-order chi connectivity index (χ0) is 13.9. The van der Waals surface area contributed by atoms with Crippen LogP contribution in [0.1, 0.15) is 30.9 Å². The summed E-state index contributed by atoms with van der Waals surface area (Å²) in [6, 6.07) is 6.14. The number of aryl methyl sites for hydroxylation is 2. The van der Waals surface area contributed by atoms with Gasteiger partial charge in [-0.25, -0.2) is 8.42 Å². The predicted octanol–water partition coefficient (Wildman–Crippen LogP) is 2.76. The van der Waals surface area contributed by atoms with Crippen molar-refractivity contribution in [1.29, 1.82) is 0 Å². The molecule has 2 rings (SSSR count). The summed E-state index contributed by atoms with van der Waals surface area (Å²) >= 11 is 0. The highest BCUT2D eigenvalue weighted by Gasteiger charge is 2.25. The Morgan fingerprint density at radius 1 is 1.37 bits per heavy atom. The Morgan fingerprint density at radius 3 is 2.84 bits per heavy atom. The van der Waals surface area contributed by atoms with Crippen molar-refractivity contribution in [3.63, 3.8) is 0 Å². The molecule has 0 radical (unpaired) electrons. The van der Waals surface area contributed by atoms with Crippen LogP contribution < -0.4 is 4.74 Å². The summed E-state index contributed by atoms with van der Waals surface area (Å²) in [5, 5.41) is 0. The van der Waals surface area contributed by atoms with Gasteiger partial charge in [0.05, 0.1) is 18.1 Å². The lowest BCUT2D eigenvalue weighted by Gasteiger charge is -2.23. The van der Waals surface area contributed by atoms with Gasteiger partial charge in [-0.1, -0.05) is 25.1 Å². The molecule has 1 aromatic carbocycles. The molecule has 1 unspecified atom stereocenters. The van der Waals surface area contributed by atoms with Crippen LogP contribution in [0.25, 0.3) is 0 Å². The van der Waals surface area contributed by atoms with Crippen molar-refractivity contribution >= 4 is 9.84 Å². The lowest BCUT2D eigenvalue weighted by atomic mass is 10.1. The minimum Gasteiger partial charge on any atom is -0.493 e. The molecule has 1 fully saturated rings. The molecular weight excluding hydrogens is 260 g/mol. The van der Waals surface area contributed by atoms with Crippen LogP contribution in [0.15, 0.2) is 18.2 Å². The topological polar surface area (TPSA) is 43.4 Å². The monoisotopic (exact) mass is 282 g/mol. The SMILES string of the molecule is CCc1cccc(C)c1OCC1CCCS(=O)(=O)C1. The molecule has 0 amide bonds. The summed E-state index contributed by atoms with van der Waals surface area (Å²) in [4.78, 5) is 0. The van der Waals surface area contributed by atoms with E-state index in [0.717, 1.165) is 30.6 Å². The third kappa shape index (κ3) is 3.72. The highest BCUT2D eigenvalue weighted by molar-refractivity contribution is 7.91. The maximum absolute atomic E-state index is 11.6. The standard InChI is InChI=1S/C15H22O3S/c1-3-14-8-4-6-12(2)15(14)18-10-13-7-5-9-19(16,17)11-13/h4,6,8,13H,3,5,7,9-11H2,1-2H3. The van der Waals surface area contributed by atoms with Crippen molar-refractivity contribution in [2.45, 2.75) is 33.1 Å². The van der Waals surface area contributed by atoms with E-state index in [0.29, 0.717) is 12.4 Å². The van der Waals surface area contributed by atoms with Gasteiger partial charge < -0.3 is 4.74 Å². The average molecular weight is 282 g/mol. The van der Waals surface area contributed by atoms with Gasteiger partial charge in [-0.15, -0.1) is 0 Å². The summed E-state index contributed by atoms with van der Waals surface area (Å²) in [5.74, 6) is 1.70. The van der Waals surface area contributed by atoms with Gasteiger partial charge >= 0.3 is 0 Å². The van der Waals surface area contributed by atoms with Gasteiger partial charge in [0.1, 0.15) is 5.75 Å². The van der Waals surface area contributed by atoms with E-state index in [1.54, 1.807) is 0 Å². The first kappa shape index (κ1) is 14.4. The van der Waals surface area contributed by atoms with E-state index < -0.39 is 9.84 Å². The van der Waals surface area contributed by atoms with Crippen molar-refractivity contribution < 1.29 is 13.2 Å². The molecule has 0 saturated carbocycles. The van der Waals surface area contributed by atoms with Gasteiger partial charge in [-0.3, -0.25) is 0 Å². The molecule has 0 N–H and O–H groups in total. The number of sulfone groups is 1. The fourth-order valence-electron chi connectivity index (χ4n) is 2.65. The average Bonchev–Trinajstić information content (AvgIpc) is 2.36. The second kappa shape index (κ2) is 5.95. The Bertz CT molecular complexity index is 534. The summed E-state index contributed by atoms with van der Waals surface area (Å²) in [5.41, 5.74) is 2.32. The molecule has 1 atom stereocenters. The van der Waals surface area contributed by atoms with Crippen LogP contribution in [0.4, 0.5) is 0 Å². The van der Waals surface area contributed by atoms with Crippen LogP contribution >= 0.6 is 0 Å². The van der Waals surface area contributed by atoms with Crippen LogP contribution in [0.3, 0.4) is 0 Å². The van der Waals surface area contributed by atoms with Gasteiger partial charge in [0.2, 0.25) is 0 Å². The van der Waals surface area contributed by atoms with E-state index in [-0.39, 0.29) is 11.7 Å². The molecule has 4 heteroatoms. The van der Waals surface area contributed by atoms with Crippen LogP contribution in [0.2, 0.25) is 0 Å². The minimum absolute atomic E-state index is 0.142. The third-order valence-corrected chi connectivity index (χ3v) is 5.59. The van der Waals surface area contributed by atoms with E-state index in [1.165, 1.54) is 5.56 Å². The van der Waals surface area contributed by atoms with Gasteiger partial charge in [0.15, 0.2) is 9.84 Å². The highest BCUT2D eigenvalue weighted by Crippen LogP contribution is 2.26. The number of hydrogen-bond acceptors (Lipinski definition) is 3. The van der Waals surface area contributed by atoms with Crippen LogP contribution in [-0.4, -0.2) is 26.5 Å². The second-order valence-corrected chi connectivity index (χ2v) is 7.58. The van der Waals surface area contributed by atoms with Crippen LogP contribution in [-0.2, 0) is 16.3 Å². The second-order valence-electron chi connectivity index (χ2n) is 5.35. The summed E-state index contributed by atoms with van der Waals surface area (Å²) in [6.45, 7) is 4.65. The zero-order valence-electron chi connectivity index (χ0n) is 11.7. The predicted molar refractivity (Wildman–Crippen MR) is 77.4 cm³/mol. The van der Waals surface area contributed by atoms with Gasteiger partial charge in [-0.2, -0.15) is 0 Å². The van der Waals surface area contributed by atoms with E-state index in [4.69, 9.17) is 4.74 Å². The number of ether oxygens (including phenoxy) is 1. The molecular formula is C15H22O3S. The van der Waals surface area contributed by atoms with Gasteiger partial charge in [-0.05, 0) is 37.3 Å². The first-order valence-electron chi connectivity index (χ1n) is 6.93. The Balaban J connectivity index is 2.03. The van der Waals surface area contributed by atoms with Crippen molar-refractivity contribution in [2.75, 3.05) is 18.1 Å². The maximum atomic E-state index is 11.6. The number of rotatable bonds is 4. The molecule has 19 heavy (non-hydrogen) atoms.